The lowest BCUT2D eigenvalue weighted by Crippen LogP contribution is -2.28. The van der Waals surface area contributed by atoms with E-state index in [-0.39, 0.29) is 11.6 Å². The van der Waals surface area contributed by atoms with Crippen LogP contribution in [0.15, 0.2) is 30.5 Å². The molecule has 6 nitrogen and oxygen atoms in total. The second-order valence-corrected chi connectivity index (χ2v) is 5.75. The van der Waals surface area contributed by atoms with Crippen molar-refractivity contribution in [1.29, 1.82) is 0 Å². The first-order chi connectivity index (χ1) is 11.5. The van der Waals surface area contributed by atoms with Gasteiger partial charge in [0.1, 0.15) is 5.82 Å². The van der Waals surface area contributed by atoms with E-state index in [2.05, 4.69) is 20.5 Å². The second-order valence-electron chi connectivity index (χ2n) is 5.34. The fourth-order valence-electron chi connectivity index (χ4n) is 2.27. The summed E-state index contributed by atoms with van der Waals surface area (Å²) in [5.41, 5.74) is 2.02. The van der Waals surface area contributed by atoms with Crippen LogP contribution in [0, 0.1) is 12.7 Å². The smallest absolute Gasteiger partial charge is 0.252 e. The number of rotatable bonds is 4. The zero-order valence-corrected chi connectivity index (χ0v) is 13.4. The second kappa shape index (κ2) is 6.54. The number of aromatic amines is 1. The van der Waals surface area contributed by atoms with Gasteiger partial charge in [0.25, 0.3) is 5.91 Å². The summed E-state index contributed by atoms with van der Waals surface area (Å²) in [6, 6.07) is 5.67. The molecule has 24 heavy (non-hydrogen) atoms. The van der Waals surface area contributed by atoms with Crippen LogP contribution < -0.4 is 5.32 Å². The first-order valence-electron chi connectivity index (χ1n) is 7.17. The van der Waals surface area contributed by atoms with E-state index in [4.69, 9.17) is 11.6 Å². The Morgan fingerprint density at radius 2 is 2.25 bits per heavy atom. The topological polar surface area (TPSA) is 90.9 Å². The normalized spacial score (nSPS) is 12.3. The predicted molar refractivity (Wildman–Crippen MR) is 87.3 cm³/mol. The van der Waals surface area contributed by atoms with E-state index >= 15 is 0 Å². The lowest BCUT2D eigenvalue weighted by molar-refractivity contribution is 0.0916. The number of nitrogens with zero attached hydrogens (tertiary/aromatic N) is 2. The molecule has 2 aromatic heterocycles. The van der Waals surface area contributed by atoms with E-state index in [0.717, 1.165) is 17.1 Å². The van der Waals surface area contributed by atoms with Crippen molar-refractivity contribution in [3.63, 3.8) is 0 Å². The van der Waals surface area contributed by atoms with E-state index in [1.807, 2.05) is 6.92 Å². The Labute approximate surface area is 141 Å². The number of aliphatic hydroxyl groups is 1. The van der Waals surface area contributed by atoms with Gasteiger partial charge in [-0.25, -0.2) is 9.37 Å². The molecule has 8 heteroatoms. The van der Waals surface area contributed by atoms with Gasteiger partial charge in [-0.3, -0.25) is 9.89 Å². The zero-order valence-electron chi connectivity index (χ0n) is 12.7. The Balaban J connectivity index is 1.69. The first-order valence-corrected chi connectivity index (χ1v) is 7.55. The van der Waals surface area contributed by atoms with Crippen LogP contribution in [0.4, 0.5) is 4.39 Å². The molecule has 3 N–H and O–H groups in total. The van der Waals surface area contributed by atoms with Crippen molar-refractivity contribution in [3.05, 3.63) is 58.1 Å². The molecule has 0 saturated carbocycles. The van der Waals surface area contributed by atoms with E-state index in [0.29, 0.717) is 16.8 Å². The number of hydrogen-bond acceptors (Lipinski definition) is 4. The molecule has 1 aromatic carbocycles. The van der Waals surface area contributed by atoms with Crippen molar-refractivity contribution in [2.75, 3.05) is 6.54 Å². The Morgan fingerprint density at radius 1 is 1.46 bits per heavy atom. The van der Waals surface area contributed by atoms with Crippen molar-refractivity contribution >= 4 is 28.5 Å². The molecular weight excluding hydrogens is 335 g/mol. The molecule has 0 saturated heterocycles. The highest BCUT2D eigenvalue weighted by atomic mass is 35.5. The van der Waals surface area contributed by atoms with E-state index < -0.39 is 17.8 Å². The highest BCUT2D eigenvalue weighted by Gasteiger charge is 2.14. The van der Waals surface area contributed by atoms with Gasteiger partial charge in [-0.1, -0.05) is 17.7 Å². The monoisotopic (exact) mass is 348 g/mol. The highest BCUT2D eigenvalue weighted by Crippen LogP contribution is 2.20. The lowest BCUT2D eigenvalue weighted by Gasteiger charge is -2.12. The van der Waals surface area contributed by atoms with Crippen LogP contribution in [-0.4, -0.2) is 32.7 Å². The lowest BCUT2D eigenvalue weighted by atomic mass is 10.1. The van der Waals surface area contributed by atoms with Crippen LogP contribution in [-0.2, 0) is 0 Å². The number of amides is 1. The highest BCUT2D eigenvalue weighted by molar-refractivity contribution is 6.30. The molecule has 2 heterocycles. The summed E-state index contributed by atoms with van der Waals surface area (Å²) in [5, 5.41) is 20.2. The number of aliphatic hydroxyl groups excluding tert-OH is 1. The molecule has 124 valence electrons. The summed E-state index contributed by atoms with van der Waals surface area (Å²) < 4.78 is 13.4. The number of nitrogens with one attached hydrogen (secondary N) is 2. The number of carbonyl (C=O) groups is 1. The molecule has 1 atom stereocenters. The van der Waals surface area contributed by atoms with Crippen LogP contribution >= 0.6 is 11.6 Å². The number of halogens is 2. The molecule has 0 spiro atoms. The molecule has 0 fully saturated rings. The van der Waals surface area contributed by atoms with Gasteiger partial charge in [0, 0.05) is 23.8 Å². The van der Waals surface area contributed by atoms with Crippen molar-refractivity contribution in [3.8, 4) is 0 Å². The van der Waals surface area contributed by atoms with Crippen LogP contribution in [0.3, 0.4) is 0 Å². The third kappa shape index (κ3) is 3.22. The Hall–Kier alpha value is -2.51. The minimum atomic E-state index is -1.05. The van der Waals surface area contributed by atoms with Gasteiger partial charge in [-0.15, -0.1) is 0 Å². The number of fused-ring (bicyclic) bond motifs is 1. The molecule has 1 amide bonds. The molecule has 0 aliphatic heterocycles. The predicted octanol–water partition coefficient (Wildman–Crippen LogP) is 2.52. The molecule has 3 rings (SSSR count). The SMILES string of the molecule is Cc1[nH]nc2ncc(C(=O)NCC(O)c3ccc(Cl)c(F)c3)cc12. The minimum Gasteiger partial charge on any atom is -0.387 e. The average molecular weight is 349 g/mol. The molecule has 0 aliphatic rings. The number of pyridine rings is 1. The number of carbonyl (C=O) groups excluding carboxylic acids is 1. The minimum absolute atomic E-state index is 0.0233. The zero-order chi connectivity index (χ0) is 17.3. The van der Waals surface area contributed by atoms with Gasteiger partial charge >= 0.3 is 0 Å². The van der Waals surface area contributed by atoms with Crippen molar-refractivity contribution < 1.29 is 14.3 Å². The van der Waals surface area contributed by atoms with Crippen molar-refractivity contribution in [2.24, 2.45) is 0 Å². The Kier molecular flexibility index (Phi) is 4.46. The molecule has 0 aliphatic carbocycles. The van der Waals surface area contributed by atoms with Crippen LogP contribution in [0.1, 0.15) is 27.7 Å². The largest absolute Gasteiger partial charge is 0.387 e. The van der Waals surface area contributed by atoms with Crippen LogP contribution in [0.25, 0.3) is 11.0 Å². The molecule has 0 bridgehead atoms. The number of aromatic nitrogens is 3. The summed E-state index contributed by atoms with van der Waals surface area (Å²) in [6.45, 7) is 1.76. The van der Waals surface area contributed by atoms with E-state index in [1.54, 1.807) is 6.07 Å². The fraction of sp³-hybridized carbons (Fsp3) is 0.188. The number of benzene rings is 1. The summed E-state index contributed by atoms with van der Waals surface area (Å²) in [4.78, 5) is 16.3. The number of hydrogen-bond donors (Lipinski definition) is 3. The summed E-state index contributed by atoms with van der Waals surface area (Å²) in [5.74, 6) is -1.01. The number of H-pyrrole nitrogens is 1. The Bertz CT molecular complexity index is 912. The maximum Gasteiger partial charge on any atom is 0.252 e. The standard InChI is InChI=1S/C16H14ClFN4O2/c1-8-11-4-10(6-19-15(11)22-21-8)16(24)20-7-14(23)9-2-3-12(17)13(18)5-9/h2-6,14,23H,7H2,1H3,(H,20,24)(H,19,21,22). The molecule has 3 aromatic rings. The maximum absolute atomic E-state index is 13.4. The van der Waals surface area contributed by atoms with Gasteiger partial charge in [0.15, 0.2) is 5.65 Å². The maximum atomic E-state index is 13.4. The van der Waals surface area contributed by atoms with Gasteiger partial charge in [0.2, 0.25) is 0 Å². The third-order valence-electron chi connectivity index (χ3n) is 3.65. The first kappa shape index (κ1) is 16.4. The van der Waals surface area contributed by atoms with Crippen molar-refractivity contribution in [1.82, 2.24) is 20.5 Å². The van der Waals surface area contributed by atoms with Crippen LogP contribution in [0.2, 0.25) is 5.02 Å². The summed E-state index contributed by atoms with van der Waals surface area (Å²) in [6.07, 6.45) is 0.361. The van der Waals surface area contributed by atoms with E-state index in [9.17, 15) is 14.3 Å². The average Bonchev–Trinajstić information content (AvgIpc) is 2.95. The van der Waals surface area contributed by atoms with Crippen molar-refractivity contribution in [2.45, 2.75) is 13.0 Å². The van der Waals surface area contributed by atoms with E-state index in [1.165, 1.54) is 18.3 Å². The molecular formula is C16H14ClFN4O2. The Morgan fingerprint density at radius 3 is 3.00 bits per heavy atom. The van der Waals surface area contributed by atoms with Gasteiger partial charge in [-0.2, -0.15) is 5.10 Å². The fourth-order valence-corrected chi connectivity index (χ4v) is 2.39. The van der Waals surface area contributed by atoms with Gasteiger partial charge in [-0.05, 0) is 30.7 Å². The quantitative estimate of drug-likeness (QED) is 0.675. The molecule has 1 unspecified atom stereocenters. The number of aryl methyl sites for hydroxylation is 1. The van der Waals surface area contributed by atoms with Crippen LogP contribution in [0.5, 0.6) is 0 Å². The van der Waals surface area contributed by atoms with Gasteiger partial charge < -0.3 is 10.4 Å². The van der Waals surface area contributed by atoms with Gasteiger partial charge in [0.05, 0.1) is 16.7 Å². The summed E-state index contributed by atoms with van der Waals surface area (Å²) in [7, 11) is 0. The molecule has 0 radical (unpaired) electrons. The summed E-state index contributed by atoms with van der Waals surface area (Å²) >= 11 is 5.60. The third-order valence-corrected chi connectivity index (χ3v) is 3.95.